The average molecular weight is 738 g/mol. The van der Waals surface area contributed by atoms with E-state index >= 15 is 0 Å². The van der Waals surface area contributed by atoms with Crippen LogP contribution in [0.1, 0.15) is 22.3 Å². The first-order valence-electron chi connectivity index (χ1n) is 19.8. The van der Waals surface area contributed by atoms with E-state index in [4.69, 9.17) is 19.4 Å². The van der Waals surface area contributed by atoms with Crippen molar-refractivity contribution >= 4 is 43.4 Å². The number of hydrogen-bond acceptors (Lipinski definition) is 4. The van der Waals surface area contributed by atoms with Gasteiger partial charge in [-0.3, -0.25) is 0 Å². The summed E-state index contributed by atoms with van der Waals surface area (Å²) in [5.41, 5.74) is 15.4. The van der Waals surface area contributed by atoms with E-state index in [0.717, 1.165) is 55.0 Å². The zero-order valence-corrected chi connectivity index (χ0v) is 31.1. The van der Waals surface area contributed by atoms with E-state index < -0.39 is 5.41 Å². The summed E-state index contributed by atoms with van der Waals surface area (Å²) in [6.45, 7) is 0. The highest BCUT2D eigenvalue weighted by molar-refractivity contribution is 6.18. The van der Waals surface area contributed by atoms with Crippen molar-refractivity contribution in [2.75, 3.05) is 0 Å². The minimum Gasteiger partial charge on any atom is -0.435 e. The molecule has 4 heteroatoms. The lowest BCUT2D eigenvalue weighted by Crippen LogP contribution is -2.25. The quantitative estimate of drug-likeness (QED) is 0.169. The summed E-state index contributed by atoms with van der Waals surface area (Å²) in [7, 11) is 0. The van der Waals surface area contributed by atoms with Crippen LogP contribution in [0, 0.1) is 0 Å². The topological polar surface area (TPSA) is 51.8 Å². The Morgan fingerprint density at radius 3 is 1.90 bits per heavy atom. The van der Waals surface area contributed by atoms with Crippen molar-refractivity contribution in [2.45, 2.75) is 5.41 Å². The average Bonchev–Trinajstić information content (AvgIpc) is 3.95. The second-order valence-corrected chi connectivity index (χ2v) is 15.5. The lowest BCUT2D eigenvalue weighted by Gasteiger charge is -2.31. The SMILES string of the molecule is c1ccc(-c2nc3ccc4ccc5ccc(-c6nccc(-c7ccc8c(c7)C7(c9ccccc9-c9ccccc97)c7cc9ccccc9cc7-8)n6)cc5c4c3o2)cc1. The van der Waals surface area contributed by atoms with Crippen molar-refractivity contribution in [3.05, 3.63) is 210 Å². The molecule has 268 valence electrons. The molecule has 0 saturated heterocycles. The molecule has 0 unspecified atom stereocenters. The molecule has 2 heterocycles. The van der Waals surface area contributed by atoms with Crippen LogP contribution in [0.2, 0.25) is 0 Å². The molecule has 0 bridgehead atoms. The van der Waals surface area contributed by atoms with E-state index in [1.54, 1.807) is 0 Å². The van der Waals surface area contributed by atoms with Crippen LogP contribution in [0.5, 0.6) is 0 Å². The van der Waals surface area contributed by atoms with E-state index in [1.165, 1.54) is 55.3 Å². The normalized spacial score (nSPS) is 13.3. The van der Waals surface area contributed by atoms with Crippen molar-refractivity contribution < 1.29 is 4.42 Å². The van der Waals surface area contributed by atoms with E-state index in [0.29, 0.717) is 11.7 Å². The second-order valence-electron chi connectivity index (χ2n) is 15.5. The van der Waals surface area contributed by atoms with Gasteiger partial charge in [0.05, 0.1) is 11.1 Å². The maximum absolute atomic E-state index is 6.52. The molecular weight excluding hydrogens is 707 g/mol. The lowest BCUT2D eigenvalue weighted by atomic mass is 9.70. The predicted molar refractivity (Wildman–Crippen MR) is 235 cm³/mol. The van der Waals surface area contributed by atoms with Crippen LogP contribution < -0.4 is 0 Å². The fourth-order valence-electron chi connectivity index (χ4n) is 10.0. The van der Waals surface area contributed by atoms with Gasteiger partial charge in [-0.25, -0.2) is 15.0 Å². The van der Waals surface area contributed by atoms with Crippen molar-refractivity contribution in [1.29, 1.82) is 0 Å². The number of aromatic nitrogens is 3. The molecule has 1 spiro atoms. The van der Waals surface area contributed by atoms with Gasteiger partial charge in [0.15, 0.2) is 11.4 Å². The van der Waals surface area contributed by atoms with Crippen LogP contribution in [0.3, 0.4) is 0 Å². The highest BCUT2D eigenvalue weighted by atomic mass is 16.3. The van der Waals surface area contributed by atoms with Gasteiger partial charge in [0.1, 0.15) is 5.52 Å². The molecule has 11 aromatic rings. The van der Waals surface area contributed by atoms with Crippen LogP contribution in [-0.4, -0.2) is 15.0 Å². The summed E-state index contributed by atoms with van der Waals surface area (Å²) in [6, 6.07) is 65.5. The fraction of sp³-hybridized carbons (Fsp3) is 0.0185. The Morgan fingerprint density at radius 2 is 1.07 bits per heavy atom. The van der Waals surface area contributed by atoms with Gasteiger partial charge in [-0.2, -0.15) is 0 Å². The van der Waals surface area contributed by atoms with Gasteiger partial charge in [0, 0.05) is 28.3 Å². The third-order valence-corrected chi connectivity index (χ3v) is 12.5. The summed E-state index contributed by atoms with van der Waals surface area (Å²) < 4.78 is 6.52. The minimum atomic E-state index is -0.459. The molecule has 0 aliphatic heterocycles. The van der Waals surface area contributed by atoms with E-state index in [9.17, 15) is 0 Å². The van der Waals surface area contributed by atoms with Crippen LogP contribution in [-0.2, 0) is 5.41 Å². The van der Waals surface area contributed by atoms with Gasteiger partial charge in [-0.15, -0.1) is 0 Å². The second kappa shape index (κ2) is 11.7. The minimum absolute atomic E-state index is 0.459. The molecule has 2 aromatic heterocycles. The number of oxazole rings is 1. The summed E-state index contributed by atoms with van der Waals surface area (Å²) in [5, 5.41) is 6.82. The van der Waals surface area contributed by atoms with Crippen molar-refractivity contribution in [3.8, 4) is 56.4 Å². The molecular formula is C54H31N3O. The van der Waals surface area contributed by atoms with Crippen molar-refractivity contribution in [2.24, 2.45) is 0 Å². The molecule has 0 saturated carbocycles. The third kappa shape index (κ3) is 4.26. The van der Waals surface area contributed by atoms with Gasteiger partial charge in [0.2, 0.25) is 5.89 Å². The number of hydrogen-bond donors (Lipinski definition) is 0. The Balaban J connectivity index is 0.988. The molecule has 58 heavy (non-hydrogen) atoms. The first-order chi connectivity index (χ1) is 28.7. The third-order valence-electron chi connectivity index (χ3n) is 12.5. The van der Waals surface area contributed by atoms with Crippen LogP contribution in [0.25, 0.3) is 99.8 Å². The van der Waals surface area contributed by atoms with E-state index in [2.05, 4.69) is 140 Å². The first-order valence-corrected chi connectivity index (χ1v) is 19.8. The number of rotatable bonds is 3. The Morgan fingerprint density at radius 1 is 0.414 bits per heavy atom. The first kappa shape index (κ1) is 31.5. The van der Waals surface area contributed by atoms with Crippen molar-refractivity contribution in [1.82, 2.24) is 15.0 Å². The fourth-order valence-corrected chi connectivity index (χ4v) is 10.0. The number of fused-ring (bicyclic) bond motifs is 16. The summed E-state index contributed by atoms with van der Waals surface area (Å²) in [4.78, 5) is 15.0. The van der Waals surface area contributed by atoms with Crippen molar-refractivity contribution in [3.63, 3.8) is 0 Å². The molecule has 0 fully saturated rings. The Labute approximate surface area is 333 Å². The monoisotopic (exact) mass is 737 g/mol. The zero-order chi connectivity index (χ0) is 38.0. The predicted octanol–water partition coefficient (Wildman–Crippen LogP) is 13.4. The standard InChI is InChI=1S/C54H31N3O/c1-2-10-34(11-3-1)53-57-49-25-23-33-20-18-32-19-21-38(29-42(32)50(33)51(49)58-53)52-55-27-26-48(56-52)37-22-24-41-43-28-35-12-4-5-13-36(35)30-47(43)54(46(41)31-37)44-16-8-6-14-39(44)40-15-7-9-17-45(40)54/h1-31H. The Hall–Kier alpha value is -7.69. The van der Waals surface area contributed by atoms with Crippen LogP contribution >= 0.6 is 0 Å². The van der Waals surface area contributed by atoms with Gasteiger partial charge < -0.3 is 4.42 Å². The van der Waals surface area contributed by atoms with Gasteiger partial charge in [0.25, 0.3) is 0 Å². The highest BCUT2D eigenvalue weighted by Gasteiger charge is 2.51. The lowest BCUT2D eigenvalue weighted by molar-refractivity contribution is 0.623. The van der Waals surface area contributed by atoms with E-state index in [1.807, 2.05) is 48.7 Å². The molecule has 0 atom stereocenters. The van der Waals surface area contributed by atoms with E-state index in [-0.39, 0.29) is 0 Å². The number of benzene rings is 9. The molecule has 9 aromatic carbocycles. The molecule has 2 aliphatic rings. The summed E-state index contributed by atoms with van der Waals surface area (Å²) in [5.74, 6) is 1.29. The molecule has 13 rings (SSSR count). The number of nitrogens with zero attached hydrogens (tertiary/aromatic N) is 3. The van der Waals surface area contributed by atoms with Crippen LogP contribution in [0.15, 0.2) is 193 Å². The molecule has 0 N–H and O–H groups in total. The molecule has 0 radical (unpaired) electrons. The van der Waals surface area contributed by atoms with Crippen LogP contribution in [0.4, 0.5) is 0 Å². The maximum Gasteiger partial charge on any atom is 0.227 e. The Kier molecular flexibility index (Phi) is 6.34. The maximum atomic E-state index is 6.52. The molecule has 2 aliphatic carbocycles. The highest BCUT2D eigenvalue weighted by Crippen LogP contribution is 2.63. The smallest absolute Gasteiger partial charge is 0.227 e. The van der Waals surface area contributed by atoms with Gasteiger partial charge in [-0.05, 0) is 120 Å². The largest absolute Gasteiger partial charge is 0.435 e. The molecule has 0 amide bonds. The summed E-state index contributed by atoms with van der Waals surface area (Å²) >= 11 is 0. The van der Waals surface area contributed by atoms with Gasteiger partial charge >= 0.3 is 0 Å². The zero-order valence-electron chi connectivity index (χ0n) is 31.1. The summed E-state index contributed by atoms with van der Waals surface area (Å²) in [6.07, 6.45) is 1.89. The van der Waals surface area contributed by atoms with Gasteiger partial charge in [-0.1, -0.05) is 133 Å². The Bertz CT molecular complexity index is 3480. The molecule has 4 nitrogen and oxygen atoms in total.